The maximum absolute atomic E-state index is 12.5. The number of carbonyl (C=O) groups excluding carboxylic acids is 1. The molecule has 104 valence electrons. The van der Waals surface area contributed by atoms with Gasteiger partial charge in [-0.25, -0.2) is 9.31 Å². The number of nitrogens with zero attached hydrogens (tertiary/aromatic N) is 4. The van der Waals surface area contributed by atoms with Crippen molar-refractivity contribution in [1.82, 2.24) is 19.5 Å². The molecule has 2 atom stereocenters. The maximum atomic E-state index is 12.5. The van der Waals surface area contributed by atoms with Crippen molar-refractivity contribution in [2.75, 3.05) is 6.54 Å². The molecule has 3 heterocycles. The van der Waals surface area contributed by atoms with Crippen LogP contribution in [0.2, 0.25) is 0 Å². The number of fused-ring (bicyclic) bond motifs is 1. The van der Waals surface area contributed by atoms with Crippen molar-refractivity contribution in [2.24, 2.45) is 0 Å². The molecule has 0 radical (unpaired) electrons. The summed E-state index contributed by atoms with van der Waals surface area (Å²) in [6.07, 6.45) is 5.22. The number of aliphatic carboxylic acids is 1. The van der Waals surface area contributed by atoms with E-state index in [9.17, 15) is 14.7 Å². The van der Waals surface area contributed by atoms with Crippen molar-refractivity contribution in [2.45, 2.75) is 18.6 Å². The van der Waals surface area contributed by atoms with Gasteiger partial charge in [0.15, 0.2) is 0 Å². The Morgan fingerprint density at radius 1 is 1.35 bits per heavy atom. The van der Waals surface area contributed by atoms with Gasteiger partial charge in [-0.15, -0.1) is 0 Å². The second kappa shape index (κ2) is 4.57. The highest BCUT2D eigenvalue weighted by Crippen LogP contribution is 2.22. The Balaban J connectivity index is 1.98. The van der Waals surface area contributed by atoms with Gasteiger partial charge in [-0.2, -0.15) is 5.10 Å². The van der Waals surface area contributed by atoms with Crippen LogP contribution in [0.15, 0.2) is 24.8 Å². The van der Waals surface area contributed by atoms with Gasteiger partial charge in [-0.05, 0) is 0 Å². The quantitative estimate of drug-likeness (QED) is 0.757. The van der Waals surface area contributed by atoms with E-state index in [1.807, 2.05) is 0 Å². The maximum Gasteiger partial charge on any atom is 0.326 e. The van der Waals surface area contributed by atoms with Crippen molar-refractivity contribution in [3.63, 3.8) is 0 Å². The van der Waals surface area contributed by atoms with Gasteiger partial charge in [0.05, 0.1) is 29.6 Å². The van der Waals surface area contributed by atoms with E-state index in [-0.39, 0.29) is 18.5 Å². The van der Waals surface area contributed by atoms with Gasteiger partial charge < -0.3 is 15.1 Å². The van der Waals surface area contributed by atoms with Crippen molar-refractivity contribution >= 4 is 17.4 Å². The van der Waals surface area contributed by atoms with E-state index in [0.717, 1.165) is 4.90 Å². The largest absolute Gasteiger partial charge is 0.480 e. The molecule has 2 aromatic heterocycles. The first kappa shape index (κ1) is 12.5. The number of likely N-dealkylation sites (tertiary alicyclic amines) is 1. The van der Waals surface area contributed by atoms with Crippen LogP contribution in [-0.2, 0) is 4.79 Å². The Morgan fingerprint density at radius 2 is 2.15 bits per heavy atom. The third-order valence-electron chi connectivity index (χ3n) is 3.38. The smallest absolute Gasteiger partial charge is 0.326 e. The zero-order chi connectivity index (χ0) is 14.3. The van der Waals surface area contributed by atoms with Gasteiger partial charge in [-0.3, -0.25) is 9.78 Å². The molecule has 0 aliphatic carbocycles. The van der Waals surface area contributed by atoms with Gasteiger partial charge >= 0.3 is 5.97 Å². The second-order valence-corrected chi connectivity index (χ2v) is 4.67. The molecule has 0 unspecified atom stereocenters. The lowest BCUT2D eigenvalue weighted by Gasteiger charge is -2.20. The fourth-order valence-corrected chi connectivity index (χ4v) is 2.43. The average molecular weight is 276 g/mol. The first-order chi connectivity index (χ1) is 9.58. The van der Waals surface area contributed by atoms with Gasteiger partial charge in [0.25, 0.3) is 5.91 Å². The average Bonchev–Trinajstić information content (AvgIpc) is 3.01. The van der Waals surface area contributed by atoms with Crippen LogP contribution in [0, 0.1) is 0 Å². The Kier molecular flexibility index (Phi) is 2.87. The summed E-state index contributed by atoms with van der Waals surface area (Å²) >= 11 is 0. The molecule has 1 aliphatic heterocycles. The monoisotopic (exact) mass is 276 g/mol. The van der Waals surface area contributed by atoms with Gasteiger partial charge in [0.1, 0.15) is 6.04 Å². The number of rotatable bonds is 2. The number of hydrogen-bond donors (Lipinski definition) is 2. The molecule has 8 heteroatoms. The predicted molar refractivity (Wildman–Crippen MR) is 66.1 cm³/mol. The lowest BCUT2D eigenvalue weighted by molar-refractivity contribution is -0.141. The fourth-order valence-electron chi connectivity index (χ4n) is 2.43. The van der Waals surface area contributed by atoms with Gasteiger partial charge in [0.2, 0.25) is 0 Å². The standard InChI is InChI=1S/C12H12N4O4/c17-7-3-9(12(19)20)15(6-7)11(18)8-4-14-16-2-1-13-5-10(8)16/h1-2,4-5,7,9,17H,3,6H2,(H,19,20)/t7-,9-/m1/s1. The lowest BCUT2D eigenvalue weighted by Crippen LogP contribution is -2.40. The van der Waals surface area contributed by atoms with Crippen LogP contribution >= 0.6 is 0 Å². The summed E-state index contributed by atoms with van der Waals surface area (Å²) in [5.41, 5.74) is 0.779. The minimum absolute atomic E-state index is 0.00734. The molecule has 0 bridgehead atoms. The topological polar surface area (TPSA) is 108 Å². The molecule has 1 aliphatic rings. The minimum Gasteiger partial charge on any atom is -0.480 e. The summed E-state index contributed by atoms with van der Waals surface area (Å²) in [6.45, 7) is 0.00734. The summed E-state index contributed by atoms with van der Waals surface area (Å²) in [6, 6.07) is -1.01. The molecule has 3 rings (SSSR count). The molecule has 2 N–H and O–H groups in total. The molecule has 2 aromatic rings. The van der Waals surface area contributed by atoms with Crippen LogP contribution in [0.4, 0.5) is 0 Å². The Morgan fingerprint density at radius 3 is 2.90 bits per heavy atom. The van der Waals surface area contributed by atoms with Gasteiger partial charge in [-0.1, -0.05) is 0 Å². The normalized spacial score (nSPS) is 22.4. The third kappa shape index (κ3) is 1.90. The Labute approximate surface area is 113 Å². The molecular weight excluding hydrogens is 264 g/mol. The first-order valence-corrected chi connectivity index (χ1v) is 6.07. The molecule has 0 spiro atoms. The summed E-state index contributed by atoms with van der Waals surface area (Å²) < 4.78 is 1.49. The van der Waals surface area contributed by atoms with Crippen LogP contribution in [0.1, 0.15) is 16.8 Å². The number of carboxylic acid groups (broad SMARTS) is 1. The Bertz CT molecular complexity index is 683. The van der Waals surface area contributed by atoms with E-state index >= 15 is 0 Å². The van der Waals surface area contributed by atoms with Crippen LogP contribution in [0.25, 0.3) is 5.52 Å². The zero-order valence-corrected chi connectivity index (χ0v) is 10.4. The summed E-state index contributed by atoms with van der Waals surface area (Å²) in [7, 11) is 0. The number of amides is 1. The minimum atomic E-state index is -1.12. The van der Waals surface area contributed by atoms with Crippen LogP contribution in [-0.4, -0.2) is 60.3 Å². The van der Waals surface area contributed by atoms with E-state index in [1.165, 1.54) is 23.1 Å². The van der Waals surface area contributed by atoms with E-state index in [4.69, 9.17) is 5.11 Å². The van der Waals surface area contributed by atoms with E-state index in [0.29, 0.717) is 5.52 Å². The number of aliphatic hydroxyl groups excluding tert-OH is 1. The second-order valence-electron chi connectivity index (χ2n) is 4.67. The van der Waals surface area contributed by atoms with Gasteiger partial charge in [0, 0.05) is 25.4 Å². The van der Waals surface area contributed by atoms with E-state index in [1.54, 1.807) is 6.20 Å². The first-order valence-electron chi connectivity index (χ1n) is 6.07. The number of aromatic nitrogens is 3. The molecule has 8 nitrogen and oxygen atoms in total. The number of hydrogen-bond acceptors (Lipinski definition) is 5. The lowest BCUT2D eigenvalue weighted by atomic mass is 10.2. The number of carboxylic acids is 1. The van der Waals surface area contributed by atoms with Crippen LogP contribution in [0.5, 0.6) is 0 Å². The molecule has 1 amide bonds. The van der Waals surface area contributed by atoms with Crippen molar-refractivity contribution in [3.8, 4) is 0 Å². The molecular formula is C12H12N4O4. The third-order valence-corrected chi connectivity index (χ3v) is 3.38. The highest BCUT2D eigenvalue weighted by atomic mass is 16.4. The molecule has 0 aromatic carbocycles. The highest BCUT2D eigenvalue weighted by Gasteiger charge is 2.39. The summed E-state index contributed by atoms with van der Waals surface area (Å²) in [5.74, 6) is -1.58. The zero-order valence-electron chi connectivity index (χ0n) is 10.4. The van der Waals surface area contributed by atoms with Crippen molar-refractivity contribution in [1.29, 1.82) is 0 Å². The summed E-state index contributed by atoms with van der Waals surface area (Å²) in [5, 5.41) is 22.7. The number of carbonyl (C=O) groups is 2. The molecule has 0 saturated carbocycles. The summed E-state index contributed by atoms with van der Waals surface area (Å²) in [4.78, 5) is 28.7. The van der Waals surface area contributed by atoms with E-state index < -0.39 is 24.0 Å². The van der Waals surface area contributed by atoms with Crippen LogP contribution in [0.3, 0.4) is 0 Å². The highest BCUT2D eigenvalue weighted by molar-refractivity contribution is 6.02. The Hall–Kier alpha value is -2.48. The van der Waals surface area contributed by atoms with Crippen molar-refractivity contribution in [3.05, 3.63) is 30.4 Å². The SMILES string of the molecule is O=C(O)[C@H]1C[C@@H](O)CN1C(=O)c1cnn2ccncc12. The molecule has 1 fully saturated rings. The predicted octanol–water partition coefficient (Wildman–Crippen LogP) is -0.611. The number of β-amino-alcohol motifs (C(OH)–C–C–N with tert-alkyl or cyclic N) is 1. The van der Waals surface area contributed by atoms with E-state index in [2.05, 4.69) is 10.1 Å². The van der Waals surface area contributed by atoms with Crippen LogP contribution < -0.4 is 0 Å². The molecule has 20 heavy (non-hydrogen) atoms. The van der Waals surface area contributed by atoms with Crippen molar-refractivity contribution < 1.29 is 19.8 Å². The molecule has 1 saturated heterocycles. The number of aliphatic hydroxyl groups is 1. The fraction of sp³-hybridized carbons (Fsp3) is 0.333.